The Bertz CT molecular complexity index is 311. The maximum atomic E-state index is 11.1. The van der Waals surface area contributed by atoms with Gasteiger partial charge in [-0.1, -0.05) is 6.92 Å². The second kappa shape index (κ2) is 6.74. The lowest BCUT2D eigenvalue weighted by atomic mass is 10.3. The van der Waals surface area contributed by atoms with Gasteiger partial charge < -0.3 is 5.32 Å². The Balaban J connectivity index is 2.17. The number of rotatable bonds is 7. The van der Waals surface area contributed by atoms with Crippen LogP contribution in [0.25, 0.3) is 0 Å². The van der Waals surface area contributed by atoms with E-state index in [4.69, 9.17) is 0 Å². The van der Waals surface area contributed by atoms with Gasteiger partial charge in [-0.3, -0.25) is 8.89 Å². The summed E-state index contributed by atoms with van der Waals surface area (Å²) >= 11 is 0. The predicted octanol–water partition coefficient (Wildman–Crippen LogP) is 0.761. The minimum absolute atomic E-state index is 0.665. The molecular weight excluding hydrogens is 210 g/mol. The summed E-state index contributed by atoms with van der Waals surface area (Å²) in [5.41, 5.74) is 1.18. The summed E-state index contributed by atoms with van der Waals surface area (Å²) < 4.78 is 13.0. The number of hydrogen-bond donors (Lipinski definition) is 1. The summed E-state index contributed by atoms with van der Waals surface area (Å²) in [4.78, 5) is 0. The molecule has 1 heterocycles. The molecule has 0 fully saturated rings. The van der Waals surface area contributed by atoms with Gasteiger partial charge in [0.15, 0.2) is 0 Å². The molecule has 0 aliphatic rings. The van der Waals surface area contributed by atoms with Gasteiger partial charge in [0.2, 0.25) is 0 Å². The van der Waals surface area contributed by atoms with Crippen molar-refractivity contribution in [2.24, 2.45) is 0 Å². The number of aromatic nitrogens is 2. The third kappa shape index (κ3) is 4.57. The lowest BCUT2D eigenvalue weighted by Crippen LogP contribution is -2.20. The third-order valence-corrected chi connectivity index (χ3v) is 3.47. The van der Waals surface area contributed by atoms with Crippen molar-refractivity contribution in [2.75, 3.05) is 18.1 Å². The van der Waals surface area contributed by atoms with E-state index in [2.05, 4.69) is 17.3 Å². The number of aryl methyl sites for hydroxylation is 1. The Morgan fingerprint density at radius 2 is 2.33 bits per heavy atom. The molecule has 0 amide bonds. The van der Waals surface area contributed by atoms with Gasteiger partial charge in [0.05, 0.1) is 6.20 Å². The van der Waals surface area contributed by atoms with E-state index in [1.54, 1.807) is 0 Å². The first kappa shape index (κ1) is 12.4. The third-order valence-electron chi connectivity index (χ3n) is 2.17. The molecule has 0 radical (unpaired) electrons. The fraction of sp³-hybridized carbons (Fsp3) is 0.700. The first-order valence-corrected chi connectivity index (χ1v) is 6.82. The van der Waals surface area contributed by atoms with Gasteiger partial charge >= 0.3 is 0 Å². The Hall–Kier alpha value is -0.680. The predicted molar refractivity (Wildman–Crippen MR) is 63.2 cm³/mol. The molecule has 0 bridgehead atoms. The van der Waals surface area contributed by atoms with Crippen molar-refractivity contribution in [3.8, 4) is 0 Å². The highest BCUT2D eigenvalue weighted by Gasteiger charge is 1.98. The van der Waals surface area contributed by atoms with E-state index in [9.17, 15) is 4.21 Å². The van der Waals surface area contributed by atoms with Crippen molar-refractivity contribution in [2.45, 2.75) is 26.9 Å². The minimum Gasteiger partial charge on any atom is -0.312 e. The maximum absolute atomic E-state index is 11.1. The number of nitrogens with zero attached hydrogens (tertiary/aromatic N) is 2. The maximum Gasteiger partial charge on any atom is 0.0534 e. The molecule has 1 unspecified atom stereocenters. The largest absolute Gasteiger partial charge is 0.312 e. The highest BCUT2D eigenvalue weighted by Crippen LogP contribution is 1.96. The molecule has 1 aromatic rings. The van der Waals surface area contributed by atoms with E-state index in [1.165, 1.54) is 5.56 Å². The molecule has 1 N–H and O–H groups in total. The SMILES string of the molecule is CCn1cc(CNCCS(=O)CC)cn1. The zero-order valence-electron chi connectivity index (χ0n) is 9.40. The quantitative estimate of drug-likeness (QED) is 0.702. The fourth-order valence-corrected chi connectivity index (χ4v) is 1.89. The van der Waals surface area contributed by atoms with Crippen LogP contribution in [0.4, 0.5) is 0 Å². The molecule has 0 aliphatic heterocycles. The average molecular weight is 229 g/mol. The Morgan fingerprint density at radius 3 is 2.93 bits per heavy atom. The Kier molecular flexibility index (Phi) is 5.57. The summed E-state index contributed by atoms with van der Waals surface area (Å²) in [6.45, 7) is 6.52. The van der Waals surface area contributed by atoms with Crippen LogP contribution in [0.5, 0.6) is 0 Å². The van der Waals surface area contributed by atoms with Crippen LogP contribution in [0.3, 0.4) is 0 Å². The smallest absolute Gasteiger partial charge is 0.0534 e. The summed E-state index contributed by atoms with van der Waals surface area (Å²) in [6, 6.07) is 0. The van der Waals surface area contributed by atoms with Crippen LogP contribution < -0.4 is 5.32 Å². The van der Waals surface area contributed by atoms with E-state index in [-0.39, 0.29) is 0 Å². The van der Waals surface area contributed by atoms with Crippen LogP contribution in [0, 0.1) is 0 Å². The van der Waals surface area contributed by atoms with E-state index in [1.807, 2.05) is 24.0 Å². The highest BCUT2D eigenvalue weighted by molar-refractivity contribution is 7.84. The average Bonchev–Trinajstić information content (AvgIpc) is 2.72. The molecule has 1 aromatic heterocycles. The summed E-state index contributed by atoms with van der Waals surface area (Å²) in [5.74, 6) is 1.48. The molecule has 15 heavy (non-hydrogen) atoms. The number of nitrogens with one attached hydrogen (secondary N) is 1. The molecule has 0 aliphatic carbocycles. The van der Waals surface area contributed by atoms with Crippen molar-refractivity contribution in [1.29, 1.82) is 0 Å². The minimum atomic E-state index is -0.665. The summed E-state index contributed by atoms with van der Waals surface area (Å²) in [6.07, 6.45) is 3.90. The number of hydrogen-bond acceptors (Lipinski definition) is 3. The van der Waals surface area contributed by atoms with Crippen molar-refractivity contribution >= 4 is 10.8 Å². The van der Waals surface area contributed by atoms with Crippen molar-refractivity contribution in [1.82, 2.24) is 15.1 Å². The summed E-state index contributed by atoms with van der Waals surface area (Å²) in [7, 11) is -0.665. The zero-order valence-corrected chi connectivity index (χ0v) is 10.2. The molecule has 1 rings (SSSR count). The van der Waals surface area contributed by atoms with Gasteiger partial charge in [-0.2, -0.15) is 5.10 Å². The molecule has 86 valence electrons. The highest BCUT2D eigenvalue weighted by atomic mass is 32.2. The van der Waals surface area contributed by atoms with E-state index in [0.717, 1.165) is 31.1 Å². The van der Waals surface area contributed by atoms with Gasteiger partial charge in [-0.15, -0.1) is 0 Å². The molecule has 0 saturated heterocycles. The van der Waals surface area contributed by atoms with Crippen molar-refractivity contribution in [3.05, 3.63) is 18.0 Å². The van der Waals surface area contributed by atoms with Crippen LogP contribution in [-0.4, -0.2) is 32.0 Å². The van der Waals surface area contributed by atoms with Crippen LogP contribution in [-0.2, 0) is 23.9 Å². The van der Waals surface area contributed by atoms with E-state index < -0.39 is 10.8 Å². The Labute approximate surface area is 93.5 Å². The van der Waals surface area contributed by atoms with Gasteiger partial charge in [-0.05, 0) is 6.92 Å². The zero-order chi connectivity index (χ0) is 11.1. The normalized spacial score (nSPS) is 12.9. The van der Waals surface area contributed by atoms with E-state index >= 15 is 0 Å². The fourth-order valence-electron chi connectivity index (χ4n) is 1.23. The summed E-state index contributed by atoms with van der Waals surface area (Å²) in [5, 5.41) is 7.44. The van der Waals surface area contributed by atoms with Gasteiger partial charge in [-0.25, -0.2) is 0 Å². The van der Waals surface area contributed by atoms with Gasteiger partial charge in [0.25, 0.3) is 0 Å². The Morgan fingerprint density at radius 1 is 1.53 bits per heavy atom. The van der Waals surface area contributed by atoms with Crippen LogP contribution >= 0.6 is 0 Å². The standard InChI is InChI=1S/C10H19N3OS/c1-3-13-9-10(8-12-13)7-11-5-6-15(14)4-2/h8-9,11H,3-7H2,1-2H3. The second-order valence-electron chi connectivity index (χ2n) is 3.31. The molecule has 1 atom stereocenters. The van der Waals surface area contributed by atoms with Crippen LogP contribution in [0.1, 0.15) is 19.4 Å². The lowest BCUT2D eigenvalue weighted by molar-refractivity contribution is 0.656. The molecule has 0 saturated carbocycles. The van der Waals surface area contributed by atoms with Crippen LogP contribution in [0.2, 0.25) is 0 Å². The van der Waals surface area contributed by atoms with Crippen molar-refractivity contribution < 1.29 is 4.21 Å². The lowest BCUT2D eigenvalue weighted by Gasteiger charge is -2.01. The molecule has 0 aromatic carbocycles. The van der Waals surface area contributed by atoms with Gasteiger partial charge in [0.1, 0.15) is 0 Å². The second-order valence-corrected chi connectivity index (χ2v) is 5.18. The first-order valence-electron chi connectivity index (χ1n) is 5.33. The van der Waals surface area contributed by atoms with Crippen molar-refractivity contribution in [3.63, 3.8) is 0 Å². The topological polar surface area (TPSA) is 46.9 Å². The molecule has 0 spiro atoms. The molecule has 4 nitrogen and oxygen atoms in total. The molecule has 5 heteroatoms. The van der Waals surface area contributed by atoms with Crippen LogP contribution in [0.15, 0.2) is 12.4 Å². The molecular formula is C10H19N3OS. The van der Waals surface area contributed by atoms with E-state index in [0.29, 0.717) is 0 Å². The monoisotopic (exact) mass is 229 g/mol. The first-order chi connectivity index (χ1) is 7.26. The van der Waals surface area contributed by atoms with Gasteiger partial charge in [0, 0.05) is 53.7 Å².